The summed E-state index contributed by atoms with van der Waals surface area (Å²) in [4.78, 5) is 6.62. The van der Waals surface area contributed by atoms with Crippen LogP contribution in [0.3, 0.4) is 0 Å². The van der Waals surface area contributed by atoms with Crippen molar-refractivity contribution in [2.45, 2.75) is 19.1 Å². The van der Waals surface area contributed by atoms with Gasteiger partial charge in [-0.2, -0.15) is 0 Å². The quantitative estimate of drug-likeness (QED) is 0.354. The fourth-order valence-corrected chi connectivity index (χ4v) is 3.93. The van der Waals surface area contributed by atoms with Gasteiger partial charge in [0.05, 0.1) is 6.61 Å². The molecule has 1 aliphatic rings. The number of rotatable bonds is 8. The molecule has 1 heterocycles. The Morgan fingerprint density at radius 2 is 2.16 bits per heavy atom. The zero-order valence-electron chi connectivity index (χ0n) is 15.1. The van der Waals surface area contributed by atoms with Crippen LogP contribution in [0, 0.1) is 5.92 Å². The molecule has 0 saturated carbocycles. The second kappa shape index (κ2) is 12.6. The Balaban J connectivity index is 0.00000312. The van der Waals surface area contributed by atoms with Crippen molar-refractivity contribution >= 4 is 40.7 Å². The number of nitrogens with one attached hydrogen (secondary N) is 1. The topological polar surface area (TPSA) is 53.9 Å². The van der Waals surface area contributed by atoms with E-state index in [-0.39, 0.29) is 24.0 Å². The Morgan fingerprint density at radius 1 is 1.40 bits per heavy atom. The number of likely N-dealkylation sites (tertiary alicyclic amines) is 1. The lowest BCUT2D eigenvalue weighted by Crippen LogP contribution is -2.41. The largest absolute Gasteiger partial charge is 0.381 e. The number of nitrogens with zero attached hydrogens (tertiary/aromatic N) is 2. The van der Waals surface area contributed by atoms with Gasteiger partial charge in [0, 0.05) is 61.5 Å². The van der Waals surface area contributed by atoms with E-state index in [4.69, 9.17) is 4.74 Å². The molecule has 0 amide bonds. The van der Waals surface area contributed by atoms with Crippen molar-refractivity contribution in [2.75, 3.05) is 45.6 Å². The van der Waals surface area contributed by atoms with Gasteiger partial charge in [0.25, 0.3) is 0 Å². The van der Waals surface area contributed by atoms with Crippen LogP contribution in [-0.4, -0.2) is 60.7 Å². The smallest absolute Gasteiger partial charge is 0.193 e. The van der Waals surface area contributed by atoms with Crippen molar-refractivity contribution in [3.8, 4) is 0 Å². The molecule has 0 radical (unpaired) electrons. The number of benzene rings is 1. The lowest BCUT2D eigenvalue weighted by Gasteiger charge is -2.21. The van der Waals surface area contributed by atoms with Crippen LogP contribution < -0.4 is 5.32 Å². The minimum absolute atomic E-state index is 0. The molecule has 2 atom stereocenters. The van der Waals surface area contributed by atoms with E-state index in [1.54, 1.807) is 7.05 Å². The van der Waals surface area contributed by atoms with E-state index in [2.05, 4.69) is 15.2 Å². The number of aliphatic imine (C=N–C) groups is 1. The van der Waals surface area contributed by atoms with Crippen LogP contribution in [0.5, 0.6) is 0 Å². The number of ether oxygens (including phenoxy) is 1. The van der Waals surface area contributed by atoms with Crippen LogP contribution >= 0.6 is 24.0 Å². The highest BCUT2D eigenvalue weighted by Crippen LogP contribution is 2.16. The number of hydrogen-bond acceptors (Lipinski definition) is 3. The molecular formula is C18H30IN3O2S. The second-order valence-corrected chi connectivity index (χ2v) is 7.58. The van der Waals surface area contributed by atoms with Crippen molar-refractivity contribution in [3.63, 3.8) is 0 Å². The first kappa shape index (κ1) is 22.4. The van der Waals surface area contributed by atoms with E-state index in [9.17, 15) is 4.21 Å². The van der Waals surface area contributed by atoms with Gasteiger partial charge >= 0.3 is 0 Å². The van der Waals surface area contributed by atoms with E-state index >= 15 is 0 Å². The van der Waals surface area contributed by atoms with Crippen LogP contribution in [0.4, 0.5) is 0 Å². The summed E-state index contributed by atoms with van der Waals surface area (Å²) < 4.78 is 17.7. The van der Waals surface area contributed by atoms with Gasteiger partial charge in [-0.1, -0.05) is 30.3 Å². The Hall–Kier alpha value is -0.670. The zero-order chi connectivity index (χ0) is 17.2. The summed E-state index contributed by atoms with van der Waals surface area (Å²) >= 11 is 0. The third kappa shape index (κ3) is 8.04. The summed E-state index contributed by atoms with van der Waals surface area (Å²) in [6, 6.07) is 9.99. The molecule has 5 nitrogen and oxygen atoms in total. The second-order valence-electron chi connectivity index (χ2n) is 6.01. The normalized spacial score (nSPS) is 18.7. The van der Waals surface area contributed by atoms with Crippen LogP contribution in [-0.2, 0) is 21.3 Å². The van der Waals surface area contributed by atoms with Gasteiger partial charge in [-0.15, -0.1) is 24.0 Å². The molecule has 0 aliphatic carbocycles. The lowest BCUT2D eigenvalue weighted by atomic mass is 10.1. The third-order valence-corrected chi connectivity index (χ3v) is 5.45. The Morgan fingerprint density at radius 3 is 2.84 bits per heavy atom. The van der Waals surface area contributed by atoms with Gasteiger partial charge in [-0.05, 0) is 18.9 Å². The fourth-order valence-electron chi connectivity index (χ4n) is 2.89. The van der Waals surface area contributed by atoms with E-state index in [1.165, 1.54) is 0 Å². The van der Waals surface area contributed by atoms with E-state index < -0.39 is 10.8 Å². The van der Waals surface area contributed by atoms with Crippen molar-refractivity contribution in [1.82, 2.24) is 10.2 Å². The molecule has 2 unspecified atom stereocenters. The predicted octanol–water partition coefficient (Wildman–Crippen LogP) is 2.49. The zero-order valence-corrected chi connectivity index (χ0v) is 18.3. The molecule has 1 N–H and O–H groups in total. The number of halogens is 1. The monoisotopic (exact) mass is 479 g/mol. The van der Waals surface area contributed by atoms with Gasteiger partial charge in [-0.25, -0.2) is 0 Å². The molecule has 25 heavy (non-hydrogen) atoms. The van der Waals surface area contributed by atoms with Crippen molar-refractivity contribution in [3.05, 3.63) is 35.9 Å². The summed E-state index contributed by atoms with van der Waals surface area (Å²) in [5.41, 5.74) is 1.12. The minimum Gasteiger partial charge on any atom is -0.381 e. The molecule has 1 saturated heterocycles. The van der Waals surface area contributed by atoms with Gasteiger partial charge in [0.15, 0.2) is 5.96 Å². The SMILES string of the molecule is CCOCC1CCN(C(=NC)NCCS(=O)Cc2ccccc2)C1.I. The third-order valence-electron chi connectivity index (χ3n) is 4.14. The van der Waals surface area contributed by atoms with Gasteiger partial charge in [0.1, 0.15) is 0 Å². The first-order valence-corrected chi connectivity index (χ1v) is 10.1. The van der Waals surface area contributed by atoms with Gasteiger partial charge in [-0.3, -0.25) is 9.20 Å². The Bertz CT molecular complexity index is 542. The summed E-state index contributed by atoms with van der Waals surface area (Å²) in [5.74, 6) is 2.73. The number of guanidine groups is 1. The molecular weight excluding hydrogens is 449 g/mol. The van der Waals surface area contributed by atoms with Crippen LogP contribution in [0.1, 0.15) is 18.9 Å². The molecule has 1 fully saturated rings. The standard InChI is InChI=1S/C18H29N3O2S.HI/c1-3-23-14-17-9-11-21(13-17)18(19-2)20-10-12-24(22)15-16-7-5-4-6-8-16;/h4-8,17H,3,9-15H2,1-2H3,(H,19,20);1H. The first-order chi connectivity index (χ1) is 11.7. The first-order valence-electron chi connectivity index (χ1n) is 8.65. The molecule has 1 aromatic rings. The predicted molar refractivity (Wildman–Crippen MR) is 116 cm³/mol. The fraction of sp³-hybridized carbons (Fsp3) is 0.611. The summed E-state index contributed by atoms with van der Waals surface area (Å²) in [6.45, 7) is 6.29. The van der Waals surface area contributed by atoms with Crippen molar-refractivity contribution < 1.29 is 8.95 Å². The maximum atomic E-state index is 12.2. The molecule has 1 aromatic carbocycles. The van der Waals surface area contributed by atoms with E-state index in [0.29, 0.717) is 24.0 Å². The van der Waals surface area contributed by atoms with Crippen molar-refractivity contribution in [1.29, 1.82) is 0 Å². The van der Waals surface area contributed by atoms with Crippen molar-refractivity contribution in [2.24, 2.45) is 10.9 Å². The molecule has 1 aliphatic heterocycles. The Labute approximate surface area is 171 Å². The maximum Gasteiger partial charge on any atom is 0.193 e. The highest BCUT2D eigenvalue weighted by atomic mass is 127. The average Bonchev–Trinajstić information content (AvgIpc) is 3.06. The molecule has 7 heteroatoms. The maximum absolute atomic E-state index is 12.2. The minimum atomic E-state index is -0.858. The van der Waals surface area contributed by atoms with Crippen LogP contribution in [0.25, 0.3) is 0 Å². The summed E-state index contributed by atoms with van der Waals surface area (Å²) in [6.07, 6.45) is 1.14. The van der Waals surface area contributed by atoms with E-state index in [1.807, 2.05) is 37.3 Å². The molecule has 142 valence electrons. The summed E-state index contributed by atoms with van der Waals surface area (Å²) in [7, 11) is 0.946. The molecule has 0 bridgehead atoms. The van der Waals surface area contributed by atoms with Crippen LogP contribution in [0.2, 0.25) is 0 Å². The Kier molecular flexibility index (Phi) is 11.3. The lowest BCUT2D eigenvalue weighted by molar-refractivity contribution is 0.114. The number of hydrogen-bond donors (Lipinski definition) is 1. The molecule has 0 spiro atoms. The summed E-state index contributed by atoms with van der Waals surface area (Å²) in [5, 5.41) is 3.35. The van der Waals surface area contributed by atoms with Gasteiger partial charge in [0.2, 0.25) is 0 Å². The average molecular weight is 479 g/mol. The highest BCUT2D eigenvalue weighted by molar-refractivity contribution is 14.0. The van der Waals surface area contributed by atoms with E-state index in [0.717, 1.165) is 44.2 Å². The van der Waals surface area contributed by atoms with Gasteiger partial charge < -0.3 is 15.0 Å². The van der Waals surface area contributed by atoms with Crippen LogP contribution in [0.15, 0.2) is 35.3 Å². The molecule has 0 aromatic heterocycles. The highest BCUT2D eigenvalue weighted by Gasteiger charge is 2.24. The molecule has 2 rings (SSSR count).